The molecule has 0 unspecified atom stereocenters. The van der Waals surface area contributed by atoms with Gasteiger partial charge in [0.25, 0.3) is 0 Å². The number of fused-ring (bicyclic) bond motifs is 1. The topological polar surface area (TPSA) is 33.1 Å². The molecule has 3 heterocycles. The van der Waals surface area contributed by atoms with Crippen molar-refractivity contribution in [3.63, 3.8) is 0 Å². The zero-order chi connectivity index (χ0) is 21.5. The summed E-state index contributed by atoms with van der Waals surface area (Å²) in [6.07, 6.45) is 1.89. The number of aromatic nitrogens is 2. The Morgan fingerprint density at radius 2 is 1.68 bits per heavy atom. The zero-order valence-electron chi connectivity index (χ0n) is 18.2. The van der Waals surface area contributed by atoms with Gasteiger partial charge >= 0.3 is 0 Å². The van der Waals surface area contributed by atoms with Crippen molar-refractivity contribution in [1.82, 2.24) is 14.9 Å². The zero-order valence-corrected chi connectivity index (χ0v) is 19.0. The lowest BCUT2D eigenvalue weighted by Gasteiger charge is -2.29. The summed E-state index contributed by atoms with van der Waals surface area (Å²) in [4.78, 5) is 7.16. The summed E-state index contributed by atoms with van der Waals surface area (Å²) < 4.78 is 2.22. The Bertz CT molecular complexity index is 1230. The quantitative estimate of drug-likeness (QED) is 0.460. The number of piperazine rings is 1. The second-order valence-electron chi connectivity index (χ2n) is 8.41. The summed E-state index contributed by atoms with van der Waals surface area (Å²) in [6, 6.07) is 17.3. The Morgan fingerprint density at radius 1 is 0.935 bits per heavy atom. The molecule has 1 N–H and O–H groups in total. The Morgan fingerprint density at radius 3 is 2.39 bits per heavy atom. The normalized spacial score (nSPS) is 14.4. The molecular weight excluding hydrogens is 404 g/mol. The van der Waals surface area contributed by atoms with Gasteiger partial charge in [0.1, 0.15) is 5.65 Å². The highest BCUT2D eigenvalue weighted by atomic mass is 35.5. The number of nitrogens with one attached hydrogen (secondary N) is 1. The van der Waals surface area contributed by atoms with Crippen LogP contribution in [0.5, 0.6) is 0 Å². The van der Waals surface area contributed by atoms with Gasteiger partial charge in [0.05, 0.1) is 5.69 Å². The minimum absolute atomic E-state index is 0.758. The Kier molecular flexibility index (Phi) is 5.20. The number of benzene rings is 2. The van der Waals surface area contributed by atoms with Crippen molar-refractivity contribution in [2.75, 3.05) is 31.1 Å². The van der Waals surface area contributed by atoms with Crippen molar-refractivity contribution in [3.05, 3.63) is 70.9 Å². The maximum absolute atomic E-state index is 6.47. The maximum atomic E-state index is 6.47. The van der Waals surface area contributed by atoms with E-state index in [1.165, 1.54) is 33.5 Å². The van der Waals surface area contributed by atoms with E-state index in [-0.39, 0.29) is 0 Å². The molecule has 0 bridgehead atoms. The van der Waals surface area contributed by atoms with Gasteiger partial charge in [0.2, 0.25) is 0 Å². The number of hydrogen-bond donors (Lipinski definition) is 1. The lowest BCUT2D eigenvalue weighted by Crippen LogP contribution is -2.43. The molecule has 158 valence electrons. The fourth-order valence-electron chi connectivity index (χ4n) is 4.75. The first-order valence-electron chi connectivity index (χ1n) is 10.8. The molecule has 0 radical (unpaired) electrons. The molecule has 1 aliphatic heterocycles. The largest absolute Gasteiger partial charge is 0.369 e. The Balaban J connectivity index is 1.71. The molecule has 0 aliphatic carbocycles. The third-order valence-electron chi connectivity index (χ3n) is 6.23. The van der Waals surface area contributed by atoms with Gasteiger partial charge in [-0.25, -0.2) is 4.98 Å². The van der Waals surface area contributed by atoms with Crippen LogP contribution in [0.3, 0.4) is 0 Å². The van der Waals surface area contributed by atoms with Crippen molar-refractivity contribution in [3.8, 4) is 22.4 Å². The molecule has 0 atom stereocenters. The van der Waals surface area contributed by atoms with E-state index in [2.05, 4.69) is 78.1 Å². The van der Waals surface area contributed by atoms with E-state index in [9.17, 15) is 0 Å². The van der Waals surface area contributed by atoms with E-state index in [1.807, 2.05) is 12.3 Å². The smallest absolute Gasteiger partial charge is 0.140 e. The number of rotatable bonds is 3. The molecule has 31 heavy (non-hydrogen) atoms. The van der Waals surface area contributed by atoms with Gasteiger partial charge in [-0.2, -0.15) is 0 Å². The van der Waals surface area contributed by atoms with Gasteiger partial charge in [-0.1, -0.05) is 29.8 Å². The predicted octanol–water partition coefficient (Wildman–Crippen LogP) is 5.59. The third kappa shape index (κ3) is 3.60. The van der Waals surface area contributed by atoms with E-state index < -0.39 is 0 Å². The van der Waals surface area contributed by atoms with Gasteiger partial charge in [-0.05, 0) is 66.4 Å². The van der Waals surface area contributed by atoms with E-state index in [4.69, 9.17) is 16.6 Å². The molecule has 2 aromatic carbocycles. The summed E-state index contributed by atoms with van der Waals surface area (Å²) in [5.74, 6) is 0. The molecule has 4 nitrogen and oxygen atoms in total. The first kappa shape index (κ1) is 20.1. The van der Waals surface area contributed by atoms with E-state index in [0.29, 0.717) is 0 Å². The highest BCUT2D eigenvalue weighted by molar-refractivity contribution is 6.31. The van der Waals surface area contributed by atoms with Crippen molar-refractivity contribution < 1.29 is 0 Å². The molecule has 5 rings (SSSR count). The minimum atomic E-state index is 0.758. The summed E-state index contributed by atoms with van der Waals surface area (Å²) >= 11 is 6.47. The summed E-state index contributed by atoms with van der Waals surface area (Å²) in [5.41, 5.74) is 9.33. The number of aryl methyl sites for hydroxylation is 3. The van der Waals surface area contributed by atoms with Crippen LogP contribution in [0.25, 0.3) is 33.4 Å². The highest BCUT2D eigenvalue weighted by Gasteiger charge is 2.21. The standard InChI is InChI=1S/C26H27ClN4/c1-17-14-20(16-21(27)15-17)24-23-18(2)8-9-29-26(23)30(3)25(24)19-4-6-22(7-5-19)31-12-10-28-11-13-31/h4-9,14-16,28H,10-13H2,1-3H3. The minimum Gasteiger partial charge on any atom is -0.369 e. The number of nitrogens with zero attached hydrogens (tertiary/aromatic N) is 3. The number of hydrogen-bond acceptors (Lipinski definition) is 3. The summed E-state index contributed by atoms with van der Waals surface area (Å²) in [6.45, 7) is 8.41. The van der Waals surface area contributed by atoms with Crippen LogP contribution < -0.4 is 10.2 Å². The van der Waals surface area contributed by atoms with Crippen LogP contribution >= 0.6 is 11.6 Å². The van der Waals surface area contributed by atoms with Crippen LogP contribution in [0.2, 0.25) is 5.02 Å². The van der Waals surface area contributed by atoms with E-state index in [1.54, 1.807) is 0 Å². The van der Waals surface area contributed by atoms with Gasteiger partial charge < -0.3 is 14.8 Å². The molecule has 0 saturated carbocycles. The van der Waals surface area contributed by atoms with Crippen LogP contribution in [0.1, 0.15) is 11.1 Å². The van der Waals surface area contributed by atoms with Crippen LogP contribution in [-0.4, -0.2) is 35.7 Å². The van der Waals surface area contributed by atoms with Crippen molar-refractivity contribution in [2.45, 2.75) is 13.8 Å². The third-order valence-corrected chi connectivity index (χ3v) is 6.45. The van der Waals surface area contributed by atoms with Crippen molar-refractivity contribution in [2.24, 2.45) is 7.05 Å². The number of anilines is 1. The first-order chi connectivity index (χ1) is 15.0. The average Bonchev–Trinajstić information content (AvgIpc) is 3.08. The number of pyridine rings is 1. The van der Waals surface area contributed by atoms with Crippen LogP contribution in [0, 0.1) is 13.8 Å². The van der Waals surface area contributed by atoms with Crippen LogP contribution in [0.4, 0.5) is 5.69 Å². The fourth-order valence-corrected chi connectivity index (χ4v) is 5.04. The first-order valence-corrected chi connectivity index (χ1v) is 11.2. The molecular formula is C26H27ClN4. The van der Waals surface area contributed by atoms with Gasteiger partial charge in [0.15, 0.2) is 0 Å². The Labute approximate surface area is 188 Å². The second kappa shape index (κ2) is 8.03. The van der Waals surface area contributed by atoms with Gasteiger partial charge in [-0.15, -0.1) is 0 Å². The fraction of sp³-hybridized carbons (Fsp3) is 0.269. The highest BCUT2D eigenvalue weighted by Crippen LogP contribution is 2.42. The molecule has 4 aromatic rings. The molecule has 1 aliphatic rings. The average molecular weight is 431 g/mol. The molecule has 0 amide bonds. The molecule has 1 fully saturated rings. The lowest BCUT2D eigenvalue weighted by atomic mass is 9.96. The molecule has 1 saturated heterocycles. The second-order valence-corrected chi connectivity index (χ2v) is 8.85. The van der Waals surface area contributed by atoms with Crippen molar-refractivity contribution in [1.29, 1.82) is 0 Å². The lowest BCUT2D eigenvalue weighted by molar-refractivity contribution is 0.589. The summed E-state index contributed by atoms with van der Waals surface area (Å²) in [5, 5.41) is 5.37. The van der Waals surface area contributed by atoms with Gasteiger partial charge in [0, 0.05) is 61.1 Å². The van der Waals surface area contributed by atoms with Gasteiger partial charge in [-0.3, -0.25) is 0 Å². The number of halogens is 1. The maximum Gasteiger partial charge on any atom is 0.140 e. The summed E-state index contributed by atoms with van der Waals surface area (Å²) in [7, 11) is 2.11. The van der Waals surface area contributed by atoms with E-state index in [0.717, 1.165) is 48.0 Å². The molecule has 0 spiro atoms. The molecule has 2 aromatic heterocycles. The van der Waals surface area contributed by atoms with E-state index >= 15 is 0 Å². The monoisotopic (exact) mass is 430 g/mol. The predicted molar refractivity (Wildman–Crippen MR) is 131 cm³/mol. The molecule has 5 heteroatoms. The Hall–Kier alpha value is -2.82. The van der Waals surface area contributed by atoms with Crippen molar-refractivity contribution >= 4 is 28.3 Å². The van der Waals surface area contributed by atoms with Crippen LogP contribution in [-0.2, 0) is 7.05 Å². The SMILES string of the molecule is Cc1cc(Cl)cc(-c2c(-c3ccc(N4CCNCC4)cc3)n(C)c3nccc(C)c23)c1. The van der Waals surface area contributed by atoms with Crippen LogP contribution in [0.15, 0.2) is 54.7 Å².